The van der Waals surface area contributed by atoms with Crippen LogP contribution in [0.3, 0.4) is 0 Å². The number of nitrogens with zero attached hydrogens (tertiary/aromatic N) is 2. The summed E-state index contributed by atoms with van der Waals surface area (Å²) in [6.45, 7) is 10.5. The summed E-state index contributed by atoms with van der Waals surface area (Å²) in [5, 5.41) is 14.4. The van der Waals surface area contributed by atoms with Crippen LogP contribution in [0.2, 0.25) is 5.02 Å². The topological polar surface area (TPSA) is 156 Å². The minimum atomic E-state index is -1.82. The molecule has 2 N–H and O–H groups in total. The quantitative estimate of drug-likeness (QED) is 0.323. The maximum atomic E-state index is 14.1. The van der Waals surface area contributed by atoms with Crippen molar-refractivity contribution in [2.75, 3.05) is 33.2 Å². The number of hydrogen-bond donors (Lipinski definition) is 2. The van der Waals surface area contributed by atoms with Gasteiger partial charge in [0.2, 0.25) is 11.8 Å². The molecule has 50 heavy (non-hydrogen) atoms. The number of halogens is 1. The van der Waals surface area contributed by atoms with Crippen molar-refractivity contribution in [3.8, 4) is 5.75 Å². The Morgan fingerprint density at radius 2 is 1.88 bits per heavy atom. The van der Waals surface area contributed by atoms with Crippen LogP contribution in [-0.4, -0.2) is 104 Å². The molecule has 13 nitrogen and oxygen atoms in total. The molecule has 3 aliphatic heterocycles. The van der Waals surface area contributed by atoms with Gasteiger partial charge in [-0.2, -0.15) is 0 Å². The van der Waals surface area contributed by atoms with Crippen LogP contribution >= 0.6 is 11.6 Å². The third-order valence-corrected chi connectivity index (χ3v) is 10.4. The number of hydrogen-bond acceptors (Lipinski definition) is 10. The predicted molar refractivity (Wildman–Crippen MR) is 186 cm³/mol. The number of rotatable bonds is 6. The smallest absolute Gasteiger partial charge is 0.409 e. The lowest BCUT2D eigenvalue weighted by Crippen LogP contribution is -2.63. The first kappa shape index (κ1) is 39.1. The van der Waals surface area contributed by atoms with E-state index in [9.17, 15) is 24.3 Å². The van der Waals surface area contributed by atoms with Gasteiger partial charge in [-0.15, -0.1) is 0 Å². The van der Waals surface area contributed by atoms with E-state index in [1.54, 1.807) is 66.0 Å². The molecule has 3 amide bonds. The summed E-state index contributed by atoms with van der Waals surface area (Å²) >= 11 is 6.74. The molecule has 2 saturated heterocycles. The lowest BCUT2D eigenvalue weighted by atomic mass is 9.83. The second-order valence-corrected chi connectivity index (χ2v) is 14.4. The molecule has 8 unspecified atom stereocenters. The highest BCUT2D eigenvalue weighted by Crippen LogP contribution is 2.49. The predicted octanol–water partition coefficient (Wildman–Crippen LogP) is 4.17. The summed E-state index contributed by atoms with van der Waals surface area (Å²) in [4.78, 5) is 55.8. The lowest BCUT2D eigenvalue weighted by molar-refractivity contribution is -0.162. The first-order valence-electron chi connectivity index (χ1n) is 16.7. The van der Waals surface area contributed by atoms with Crippen molar-refractivity contribution in [2.45, 2.75) is 103 Å². The molecule has 0 aliphatic carbocycles. The van der Waals surface area contributed by atoms with Crippen LogP contribution in [0.5, 0.6) is 5.75 Å². The average molecular weight is 720 g/mol. The fourth-order valence-electron chi connectivity index (χ4n) is 6.60. The van der Waals surface area contributed by atoms with Crippen LogP contribution in [0.25, 0.3) is 0 Å². The molecule has 8 atom stereocenters. The van der Waals surface area contributed by atoms with E-state index in [0.717, 1.165) is 11.1 Å². The van der Waals surface area contributed by atoms with Gasteiger partial charge in [0.25, 0.3) is 0 Å². The van der Waals surface area contributed by atoms with E-state index in [1.807, 2.05) is 13.0 Å². The number of carbonyl (C=O) groups excluding carboxylic acids is 4. The van der Waals surface area contributed by atoms with Gasteiger partial charge in [0.1, 0.15) is 40.7 Å². The van der Waals surface area contributed by atoms with Crippen LogP contribution < -0.4 is 15.0 Å². The summed E-state index contributed by atoms with van der Waals surface area (Å²) in [5.74, 6) is -1.88. The monoisotopic (exact) mass is 719 g/mol. The number of aliphatic hydroxyl groups is 1. The summed E-state index contributed by atoms with van der Waals surface area (Å²) in [6, 6.07) is 2.63. The standard InChI is InChI=1S/C36H50ClN3O10/c1-19(2)32(42)39(7)22(5)33(43)49-28-17-29(41)40(8)24-15-23(16-25(46-9)30(24)37)14-20(3)12-11-13-27(47-10)36(45)18-26(48-34(44)38-36)21(4)31-35(28,6)50-31/h11-13,15-16,19,21-22,26-28,31,45H,14,17-18H2,1-10H3,(H,38,44)/b13-11+,20-12+. The Morgan fingerprint density at radius 1 is 1.20 bits per heavy atom. The van der Waals surface area contributed by atoms with Crippen molar-refractivity contribution in [3.05, 3.63) is 46.5 Å². The SMILES string of the molecule is COc1cc2cc(c1Cl)N(C)C(=O)CC(OC(=O)C(C)N(C)C(=O)C(C)C)C1(C)OC1C(C)C1CC(O)(NC(=O)O1)C(OC)/C=C/C=C(\C)C2. The number of fused-ring (bicyclic) bond motifs is 5. The summed E-state index contributed by atoms with van der Waals surface area (Å²) in [7, 11) is 6.02. The molecular weight excluding hydrogens is 670 g/mol. The lowest BCUT2D eigenvalue weighted by Gasteiger charge is -2.42. The fourth-order valence-corrected chi connectivity index (χ4v) is 6.91. The summed E-state index contributed by atoms with van der Waals surface area (Å²) in [5.41, 5.74) is -0.881. The van der Waals surface area contributed by atoms with Crippen LogP contribution in [0.1, 0.15) is 59.9 Å². The van der Waals surface area contributed by atoms with Crippen molar-refractivity contribution >= 4 is 41.2 Å². The molecule has 1 aromatic carbocycles. The summed E-state index contributed by atoms with van der Waals surface area (Å²) < 4.78 is 29.1. The minimum Gasteiger partial charge on any atom is -0.495 e. The average Bonchev–Trinajstić information content (AvgIpc) is 3.76. The second kappa shape index (κ2) is 15.3. The molecule has 0 radical (unpaired) electrons. The molecular formula is C36H50ClN3O10. The van der Waals surface area contributed by atoms with Crippen molar-refractivity contribution in [1.29, 1.82) is 0 Å². The van der Waals surface area contributed by atoms with E-state index in [-0.39, 0.29) is 29.7 Å². The zero-order chi connectivity index (χ0) is 37.3. The maximum Gasteiger partial charge on any atom is 0.409 e. The van der Waals surface area contributed by atoms with Crippen LogP contribution in [0.15, 0.2) is 35.9 Å². The van der Waals surface area contributed by atoms with E-state index >= 15 is 0 Å². The largest absolute Gasteiger partial charge is 0.495 e. The molecule has 14 heteroatoms. The number of alkyl carbamates (subject to hydrolysis) is 1. The van der Waals surface area contributed by atoms with E-state index < -0.39 is 65.7 Å². The van der Waals surface area contributed by atoms with Crippen molar-refractivity contribution < 1.29 is 48.0 Å². The fraction of sp³-hybridized carbons (Fsp3) is 0.611. The number of ether oxygens (including phenoxy) is 5. The first-order chi connectivity index (χ1) is 23.4. The number of allylic oxidation sites excluding steroid dienone is 3. The minimum absolute atomic E-state index is 0.0449. The number of amides is 3. The number of methoxy groups -OCH3 is 2. The Hall–Kier alpha value is -3.65. The molecule has 276 valence electrons. The Morgan fingerprint density at radius 3 is 2.50 bits per heavy atom. The number of likely N-dealkylation sites (N-methyl/N-ethyl adjacent to an activating group) is 1. The number of epoxide rings is 1. The third kappa shape index (κ3) is 8.11. The van der Waals surface area contributed by atoms with Crippen molar-refractivity contribution in [3.63, 3.8) is 0 Å². The number of esters is 1. The third-order valence-electron chi connectivity index (χ3n) is 9.97. The van der Waals surface area contributed by atoms with Crippen molar-refractivity contribution in [1.82, 2.24) is 10.2 Å². The van der Waals surface area contributed by atoms with E-state index in [2.05, 4.69) is 5.32 Å². The van der Waals surface area contributed by atoms with Gasteiger partial charge >= 0.3 is 12.1 Å². The molecule has 0 spiro atoms. The first-order valence-corrected chi connectivity index (χ1v) is 17.1. The normalized spacial score (nSPS) is 32.5. The van der Waals surface area contributed by atoms with Crippen LogP contribution in [-0.2, 0) is 39.8 Å². The second-order valence-electron chi connectivity index (χ2n) is 14.0. The van der Waals surface area contributed by atoms with E-state index in [1.165, 1.54) is 31.1 Å². The van der Waals surface area contributed by atoms with Gasteiger partial charge in [0, 0.05) is 39.5 Å². The van der Waals surface area contributed by atoms with Gasteiger partial charge in [-0.3, -0.25) is 14.9 Å². The maximum absolute atomic E-state index is 14.1. The molecule has 4 bridgehead atoms. The number of nitrogens with one attached hydrogen (secondary N) is 1. The zero-order valence-corrected chi connectivity index (χ0v) is 31.2. The van der Waals surface area contributed by atoms with Gasteiger partial charge < -0.3 is 38.6 Å². The highest BCUT2D eigenvalue weighted by Gasteiger charge is 2.64. The molecule has 0 aromatic heterocycles. The Kier molecular flexibility index (Phi) is 12.0. The molecule has 0 saturated carbocycles. The molecule has 3 aliphatic rings. The molecule has 3 heterocycles. The molecule has 4 rings (SSSR count). The van der Waals surface area contributed by atoms with Crippen LogP contribution in [0, 0.1) is 11.8 Å². The Bertz CT molecular complexity index is 1550. The van der Waals surface area contributed by atoms with E-state index in [0.29, 0.717) is 17.9 Å². The highest BCUT2D eigenvalue weighted by atomic mass is 35.5. The van der Waals surface area contributed by atoms with Crippen molar-refractivity contribution in [2.24, 2.45) is 11.8 Å². The molecule has 1 aromatic rings. The number of carbonyl (C=O) groups is 4. The number of anilines is 1. The van der Waals surface area contributed by atoms with Gasteiger partial charge in [-0.1, -0.05) is 56.2 Å². The van der Waals surface area contributed by atoms with Gasteiger partial charge in [-0.05, 0) is 44.9 Å². The Balaban J connectivity index is 1.78. The Labute approximate surface area is 298 Å². The van der Waals surface area contributed by atoms with E-state index in [4.69, 9.17) is 35.3 Å². The zero-order valence-electron chi connectivity index (χ0n) is 30.4. The summed E-state index contributed by atoms with van der Waals surface area (Å²) in [6.07, 6.45) is 1.00. The molecule has 2 fully saturated rings. The van der Waals surface area contributed by atoms with Gasteiger partial charge in [0.05, 0.1) is 25.3 Å². The van der Waals surface area contributed by atoms with Gasteiger partial charge in [-0.25, -0.2) is 9.59 Å². The number of benzene rings is 1. The van der Waals surface area contributed by atoms with Gasteiger partial charge in [0.15, 0.2) is 5.72 Å². The van der Waals surface area contributed by atoms with Crippen LogP contribution in [0.4, 0.5) is 10.5 Å². The highest BCUT2D eigenvalue weighted by molar-refractivity contribution is 6.35.